The number of rotatable bonds is 6. The molecule has 1 aromatic carbocycles. The fourth-order valence-electron chi connectivity index (χ4n) is 3.25. The van der Waals surface area contributed by atoms with Crippen LogP contribution in [0.2, 0.25) is 0 Å². The van der Waals surface area contributed by atoms with E-state index in [9.17, 15) is 4.79 Å². The van der Waals surface area contributed by atoms with Crippen LogP contribution in [0.3, 0.4) is 0 Å². The molecule has 24 heavy (non-hydrogen) atoms. The van der Waals surface area contributed by atoms with Crippen molar-refractivity contribution in [3.05, 3.63) is 35.9 Å². The van der Waals surface area contributed by atoms with Crippen molar-refractivity contribution < 1.29 is 9.42 Å². The maximum atomic E-state index is 11.7. The Labute approximate surface area is 141 Å². The van der Waals surface area contributed by atoms with Gasteiger partial charge in [0.1, 0.15) is 11.0 Å². The van der Waals surface area contributed by atoms with Crippen molar-refractivity contribution in [2.24, 2.45) is 5.92 Å². The third-order valence-electron chi connectivity index (χ3n) is 4.49. The van der Waals surface area contributed by atoms with E-state index < -0.39 is 0 Å². The summed E-state index contributed by atoms with van der Waals surface area (Å²) in [7, 11) is 0. The second kappa shape index (κ2) is 8.06. The third kappa shape index (κ3) is 4.20. The number of aromatic nitrogens is 2. The van der Waals surface area contributed by atoms with Crippen LogP contribution in [0, 0.1) is 5.92 Å². The molecule has 1 aliphatic rings. The number of carbonyl (C=O) groups is 1. The second-order valence-electron chi connectivity index (χ2n) is 6.37. The average molecular weight is 328 g/mol. The van der Waals surface area contributed by atoms with Gasteiger partial charge in [0.25, 0.3) is 0 Å². The summed E-state index contributed by atoms with van der Waals surface area (Å²) in [6.07, 6.45) is 6.57. The lowest BCUT2D eigenvalue weighted by atomic mass is 9.97. The molecule has 0 aliphatic carbocycles. The van der Waals surface area contributed by atoms with Crippen molar-refractivity contribution in [3.63, 3.8) is 0 Å². The Morgan fingerprint density at radius 1 is 1.46 bits per heavy atom. The summed E-state index contributed by atoms with van der Waals surface area (Å²) in [6.45, 7) is 5.59. The molecule has 1 fully saturated rings. The molecule has 3 rings (SSSR count). The quantitative estimate of drug-likeness (QED) is 0.825. The topological polar surface area (TPSA) is 71.3 Å². The number of amides is 1. The molecule has 0 saturated carbocycles. The molecule has 1 aliphatic heterocycles. The Bertz CT molecular complexity index is 710. The molecule has 1 N–H and O–H groups in total. The zero-order valence-electron chi connectivity index (χ0n) is 14.1. The summed E-state index contributed by atoms with van der Waals surface area (Å²) in [5.41, 5.74) is 2.79. The van der Waals surface area contributed by atoms with E-state index in [0.29, 0.717) is 12.3 Å². The lowest BCUT2D eigenvalue weighted by molar-refractivity contribution is -0.120. The van der Waals surface area contributed by atoms with E-state index in [-0.39, 0.29) is 5.91 Å². The predicted octanol–water partition coefficient (Wildman–Crippen LogP) is 2.52. The van der Waals surface area contributed by atoms with E-state index in [2.05, 4.69) is 26.6 Å². The van der Waals surface area contributed by atoms with Gasteiger partial charge in [-0.05, 0) is 54.2 Å². The van der Waals surface area contributed by atoms with E-state index in [1.807, 2.05) is 31.2 Å². The highest BCUT2D eigenvalue weighted by Gasteiger charge is 2.21. The zero-order chi connectivity index (χ0) is 16.8. The first-order chi connectivity index (χ1) is 11.8. The number of piperidine rings is 1. The summed E-state index contributed by atoms with van der Waals surface area (Å²) < 4.78 is 4.84. The van der Waals surface area contributed by atoms with Gasteiger partial charge in [0.05, 0.1) is 0 Å². The highest BCUT2D eigenvalue weighted by molar-refractivity contribution is 5.77. The van der Waals surface area contributed by atoms with Gasteiger partial charge in [-0.15, -0.1) is 0 Å². The van der Waals surface area contributed by atoms with Gasteiger partial charge in [-0.3, -0.25) is 9.69 Å². The standard InChI is InChI=1S/C18H24N4O2/c1-2-3-9-17(23)19-11-14-6-5-10-22(12-14)13-15-7-4-8-16-18(15)21-24-20-16/h2-4,7-8,14H,5-6,9-13H2,1H3,(H,19,23). The molecule has 6 nitrogen and oxygen atoms in total. The molecular formula is C18H24N4O2. The van der Waals surface area contributed by atoms with Gasteiger partial charge in [-0.1, -0.05) is 24.3 Å². The number of benzene rings is 1. The van der Waals surface area contributed by atoms with E-state index in [0.717, 1.165) is 55.6 Å². The van der Waals surface area contributed by atoms with Crippen LogP contribution in [0.4, 0.5) is 0 Å². The Morgan fingerprint density at radius 3 is 3.25 bits per heavy atom. The van der Waals surface area contributed by atoms with Crippen LogP contribution in [0.25, 0.3) is 11.0 Å². The Hall–Kier alpha value is -2.21. The van der Waals surface area contributed by atoms with E-state index in [4.69, 9.17) is 4.63 Å². The minimum Gasteiger partial charge on any atom is -0.356 e. The van der Waals surface area contributed by atoms with Crippen LogP contribution in [0.1, 0.15) is 31.7 Å². The average Bonchev–Trinajstić information content (AvgIpc) is 3.08. The Morgan fingerprint density at radius 2 is 2.38 bits per heavy atom. The van der Waals surface area contributed by atoms with Gasteiger partial charge >= 0.3 is 0 Å². The van der Waals surface area contributed by atoms with Gasteiger partial charge < -0.3 is 5.32 Å². The normalized spacial score (nSPS) is 19.1. The van der Waals surface area contributed by atoms with Gasteiger partial charge in [-0.2, -0.15) is 0 Å². The molecule has 6 heteroatoms. The van der Waals surface area contributed by atoms with Gasteiger partial charge in [0.2, 0.25) is 5.91 Å². The van der Waals surface area contributed by atoms with Crippen molar-refractivity contribution in [1.29, 1.82) is 0 Å². The summed E-state index contributed by atoms with van der Waals surface area (Å²) in [5.74, 6) is 0.603. The van der Waals surface area contributed by atoms with Crippen molar-refractivity contribution in [2.45, 2.75) is 32.7 Å². The number of hydrogen-bond donors (Lipinski definition) is 1. The van der Waals surface area contributed by atoms with Gasteiger partial charge in [0, 0.05) is 26.1 Å². The van der Waals surface area contributed by atoms with Crippen LogP contribution in [-0.2, 0) is 11.3 Å². The fraction of sp³-hybridized carbons (Fsp3) is 0.500. The highest BCUT2D eigenvalue weighted by atomic mass is 16.6. The number of fused-ring (bicyclic) bond motifs is 1. The number of carbonyl (C=O) groups excluding carboxylic acids is 1. The maximum Gasteiger partial charge on any atom is 0.223 e. The van der Waals surface area contributed by atoms with Gasteiger partial charge in [0.15, 0.2) is 0 Å². The molecule has 2 aromatic rings. The van der Waals surface area contributed by atoms with E-state index in [1.54, 1.807) is 0 Å². The van der Waals surface area contributed by atoms with Crippen LogP contribution < -0.4 is 5.32 Å². The smallest absolute Gasteiger partial charge is 0.223 e. The maximum absolute atomic E-state index is 11.7. The Kier molecular flexibility index (Phi) is 5.59. The van der Waals surface area contributed by atoms with E-state index in [1.165, 1.54) is 0 Å². The minimum atomic E-state index is 0.101. The largest absolute Gasteiger partial charge is 0.356 e. The first kappa shape index (κ1) is 16.6. The second-order valence-corrected chi connectivity index (χ2v) is 6.37. The van der Waals surface area contributed by atoms with Crippen molar-refractivity contribution in [3.8, 4) is 0 Å². The minimum absolute atomic E-state index is 0.101. The fourth-order valence-corrected chi connectivity index (χ4v) is 3.25. The number of likely N-dealkylation sites (tertiary alicyclic amines) is 1. The molecule has 0 radical (unpaired) electrons. The number of nitrogens with zero attached hydrogens (tertiary/aromatic N) is 3. The molecular weight excluding hydrogens is 304 g/mol. The number of nitrogens with one attached hydrogen (secondary N) is 1. The molecule has 1 unspecified atom stereocenters. The van der Waals surface area contributed by atoms with E-state index >= 15 is 0 Å². The molecule has 1 aromatic heterocycles. The summed E-state index contributed by atoms with van der Waals surface area (Å²) >= 11 is 0. The van der Waals surface area contributed by atoms with Gasteiger partial charge in [-0.25, -0.2) is 4.63 Å². The van der Waals surface area contributed by atoms with Crippen LogP contribution in [-0.4, -0.2) is 40.8 Å². The first-order valence-corrected chi connectivity index (χ1v) is 8.56. The van der Waals surface area contributed by atoms with Crippen LogP contribution in [0.5, 0.6) is 0 Å². The molecule has 0 bridgehead atoms. The summed E-state index contributed by atoms with van der Waals surface area (Å²) in [6, 6.07) is 5.98. The number of allylic oxidation sites excluding steroid dienone is 1. The summed E-state index contributed by atoms with van der Waals surface area (Å²) in [5, 5.41) is 11.0. The Balaban J connectivity index is 1.54. The molecule has 0 spiro atoms. The van der Waals surface area contributed by atoms with Crippen LogP contribution >= 0.6 is 0 Å². The lowest BCUT2D eigenvalue weighted by Crippen LogP contribution is -2.40. The third-order valence-corrected chi connectivity index (χ3v) is 4.49. The molecule has 1 atom stereocenters. The zero-order valence-corrected chi connectivity index (χ0v) is 14.1. The predicted molar refractivity (Wildman–Crippen MR) is 92.2 cm³/mol. The molecule has 1 amide bonds. The van der Waals surface area contributed by atoms with Crippen molar-refractivity contribution in [1.82, 2.24) is 20.5 Å². The highest BCUT2D eigenvalue weighted by Crippen LogP contribution is 2.21. The lowest BCUT2D eigenvalue weighted by Gasteiger charge is -2.32. The molecule has 2 heterocycles. The van der Waals surface area contributed by atoms with Crippen LogP contribution in [0.15, 0.2) is 35.0 Å². The number of hydrogen-bond acceptors (Lipinski definition) is 5. The summed E-state index contributed by atoms with van der Waals surface area (Å²) in [4.78, 5) is 14.2. The molecule has 128 valence electrons. The monoisotopic (exact) mass is 328 g/mol. The molecule has 1 saturated heterocycles. The first-order valence-electron chi connectivity index (χ1n) is 8.56. The van der Waals surface area contributed by atoms with Crippen molar-refractivity contribution in [2.75, 3.05) is 19.6 Å². The SMILES string of the molecule is CC=CCC(=O)NCC1CCCN(Cc2cccc3nonc23)C1. The van der Waals surface area contributed by atoms with Crippen molar-refractivity contribution >= 4 is 16.9 Å².